The maximum absolute atomic E-state index is 14.0. The van der Waals surface area contributed by atoms with Crippen molar-refractivity contribution in [2.24, 2.45) is 11.8 Å². The number of aromatic nitrogens is 3. The van der Waals surface area contributed by atoms with Gasteiger partial charge in [-0.15, -0.1) is 0 Å². The summed E-state index contributed by atoms with van der Waals surface area (Å²) >= 11 is 0. The summed E-state index contributed by atoms with van der Waals surface area (Å²) < 4.78 is 67.2. The van der Waals surface area contributed by atoms with Crippen LogP contribution in [0.2, 0.25) is 0 Å². The molecule has 2 aliphatic carbocycles. The molecule has 0 spiro atoms. The number of hydrogen-bond donors (Lipinski definition) is 2. The zero-order valence-electron chi connectivity index (χ0n) is 22.5. The van der Waals surface area contributed by atoms with Gasteiger partial charge in [0.2, 0.25) is 11.8 Å². The molecule has 2 heterocycles. The molecule has 0 saturated heterocycles. The molecule has 2 atom stereocenters. The van der Waals surface area contributed by atoms with Crippen molar-refractivity contribution in [3.05, 3.63) is 65.1 Å². The molecule has 222 valence electrons. The zero-order chi connectivity index (χ0) is 30.1. The largest absolute Gasteiger partial charge is 0.389 e. The van der Waals surface area contributed by atoms with Crippen LogP contribution in [0, 0.1) is 23.2 Å². The molecule has 1 aromatic carbocycles. The third-order valence-corrected chi connectivity index (χ3v) is 7.90. The first-order valence-electron chi connectivity index (χ1n) is 13.8. The minimum Gasteiger partial charge on any atom is -0.349 e. The molecule has 2 aliphatic rings. The zero-order valence-corrected chi connectivity index (χ0v) is 22.5. The van der Waals surface area contributed by atoms with Crippen LogP contribution in [-0.4, -0.2) is 38.5 Å². The van der Waals surface area contributed by atoms with Gasteiger partial charge in [-0.05, 0) is 61.3 Å². The van der Waals surface area contributed by atoms with E-state index in [1.165, 1.54) is 22.8 Å². The fourth-order valence-electron chi connectivity index (χ4n) is 5.46. The molecule has 0 bridgehead atoms. The Morgan fingerprint density at radius 3 is 2.43 bits per heavy atom. The van der Waals surface area contributed by atoms with E-state index in [4.69, 9.17) is 0 Å². The molecule has 42 heavy (non-hydrogen) atoms. The highest BCUT2D eigenvalue weighted by Crippen LogP contribution is 2.43. The minimum atomic E-state index is -4.43. The molecule has 3 aromatic rings. The Labute approximate surface area is 238 Å². The molecule has 2 fully saturated rings. The van der Waals surface area contributed by atoms with E-state index in [0.29, 0.717) is 16.9 Å². The number of hydrogen-bond acceptors (Lipinski definition) is 5. The lowest BCUT2D eigenvalue weighted by atomic mass is 9.81. The van der Waals surface area contributed by atoms with Crippen molar-refractivity contribution >= 4 is 17.5 Å². The lowest BCUT2D eigenvalue weighted by Gasteiger charge is -2.33. The van der Waals surface area contributed by atoms with Crippen LogP contribution in [0.4, 0.5) is 22.0 Å². The van der Waals surface area contributed by atoms with Crippen LogP contribution in [0.25, 0.3) is 5.65 Å². The average molecular weight is 589 g/mol. The highest BCUT2D eigenvalue weighted by molar-refractivity contribution is 5.96. The van der Waals surface area contributed by atoms with Crippen molar-refractivity contribution < 1.29 is 31.5 Å². The van der Waals surface area contributed by atoms with Crippen molar-refractivity contribution in [1.29, 1.82) is 5.26 Å². The SMILES string of the molecule is N#Cc1ccccc1C(=O)N[C@H](c1cn2ncc([C@H](NC(=O)CCC(F)(F)F)C3CC3)cc2n1)C1CCC(F)(F)CC1. The van der Waals surface area contributed by atoms with E-state index in [-0.39, 0.29) is 48.6 Å². The number of nitrogens with one attached hydrogen (secondary N) is 2. The molecule has 2 saturated carbocycles. The highest BCUT2D eigenvalue weighted by atomic mass is 19.4. The Hall–Kier alpha value is -4.08. The fraction of sp³-hybridized carbons (Fsp3) is 0.483. The first-order chi connectivity index (χ1) is 19.9. The average Bonchev–Trinajstić information content (AvgIpc) is 3.71. The normalized spacial score (nSPS) is 18.7. The molecule has 2 N–H and O–H groups in total. The summed E-state index contributed by atoms with van der Waals surface area (Å²) in [6.07, 6.45) is -1.95. The number of fused-ring (bicyclic) bond motifs is 1. The summed E-state index contributed by atoms with van der Waals surface area (Å²) in [6.45, 7) is 0. The van der Waals surface area contributed by atoms with Gasteiger partial charge in [0.25, 0.3) is 5.91 Å². The van der Waals surface area contributed by atoms with Gasteiger partial charge in [0, 0.05) is 19.3 Å². The van der Waals surface area contributed by atoms with E-state index in [1.54, 1.807) is 24.4 Å². The second-order valence-electron chi connectivity index (χ2n) is 11.1. The van der Waals surface area contributed by atoms with Gasteiger partial charge in [-0.2, -0.15) is 23.5 Å². The van der Waals surface area contributed by atoms with Crippen molar-refractivity contribution in [3.63, 3.8) is 0 Å². The standard InChI is InChI=1S/C29H29F5N6O2/c30-28(31)10-7-18(8-11-28)26(39-27(42)21-4-2-1-3-19(21)14-35)22-16-40-23(37-22)13-20(15-36-40)25(17-5-6-17)38-24(41)9-12-29(32,33)34/h1-4,13,15-18,25-26H,5-12H2,(H,38,41)(H,39,42)/t25-,26+/m1/s1. The Kier molecular flexibility index (Phi) is 8.17. The van der Waals surface area contributed by atoms with E-state index >= 15 is 0 Å². The molecule has 0 radical (unpaired) electrons. The number of halogens is 5. The third kappa shape index (κ3) is 7.03. The number of imidazole rings is 1. The molecular weight excluding hydrogens is 559 g/mol. The number of alkyl halides is 5. The second-order valence-corrected chi connectivity index (χ2v) is 11.1. The van der Waals surface area contributed by atoms with E-state index in [0.717, 1.165) is 12.8 Å². The van der Waals surface area contributed by atoms with E-state index in [9.17, 15) is 36.8 Å². The van der Waals surface area contributed by atoms with E-state index in [2.05, 4.69) is 20.7 Å². The van der Waals surface area contributed by atoms with Crippen LogP contribution in [0.1, 0.15) is 90.6 Å². The predicted octanol–water partition coefficient (Wildman–Crippen LogP) is 5.81. The smallest absolute Gasteiger partial charge is 0.349 e. The Bertz CT molecular complexity index is 1500. The fourth-order valence-corrected chi connectivity index (χ4v) is 5.46. The minimum absolute atomic E-state index is 0.0645. The van der Waals surface area contributed by atoms with Gasteiger partial charge < -0.3 is 10.6 Å². The summed E-state index contributed by atoms with van der Waals surface area (Å²) in [5.41, 5.74) is 1.69. The summed E-state index contributed by atoms with van der Waals surface area (Å²) in [5.74, 6) is -4.30. The molecule has 2 amide bonds. The van der Waals surface area contributed by atoms with Crippen molar-refractivity contribution in [2.75, 3.05) is 0 Å². The third-order valence-electron chi connectivity index (χ3n) is 7.90. The molecule has 13 heteroatoms. The number of carbonyl (C=O) groups excluding carboxylic acids is 2. The first-order valence-corrected chi connectivity index (χ1v) is 13.8. The topological polar surface area (TPSA) is 112 Å². The van der Waals surface area contributed by atoms with Crippen LogP contribution >= 0.6 is 0 Å². The molecule has 8 nitrogen and oxygen atoms in total. The lowest BCUT2D eigenvalue weighted by molar-refractivity contribution is -0.144. The van der Waals surface area contributed by atoms with Gasteiger partial charge in [0.05, 0.1) is 53.8 Å². The van der Waals surface area contributed by atoms with Crippen LogP contribution in [0.5, 0.6) is 0 Å². The van der Waals surface area contributed by atoms with Gasteiger partial charge in [-0.3, -0.25) is 9.59 Å². The highest BCUT2D eigenvalue weighted by Gasteiger charge is 2.40. The van der Waals surface area contributed by atoms with E-state index < -0.39 is 48.8 Å². The van der Waals surface area contributed by atoms with Crippen molar-refractivity contribution in [2.45, 2.75) is 75.5 Å². The second kappa shape index (κ2) is 11.7. The monoisotopic (exact) mass is 588 g/mol. The van der Waals surface area contributed by atoms with Crippen LogP contribution in [-0.2, 0) is 4.79 Å². The maximum atomic E-state index is 14.0. The van der Waals surface area contributed by atoms with Gasteiger partial charge in [0.15, 0.2) is 5.65 Å². The summed E-state index contributed by atoms with van der Waals surface area (Å²) in [6, 6.07) is 8.68. The van der Waals surface area contributed by atoms with Gasteiger partial charge in [-0.25, -0.2) is 18.3 Å². The molecule has 0 unspecified atom stereocenters. The molecule has 5 rings (SSSR count). The van der Waals surface area contributed by atoms with Gasteiger partial charge >= 0.3 is 6.18 Å². The first kappa shape index (κ1) is 29.4. The summed E-state index contributed by atoms with van der Waals surface area (Å²) in [4.78, 5) is 30.2. The van der Waals surface area contributed by atoms with Gasteiger partial charge in [0.1, 0.15) is 0 Å². The number of amides is 2. The number of rotatable bonds is 9. The predicted molar refractivity (Wildman–Crippen MR) is 140 cm³/mol. The molecular formula is C29H29F5N6O2. The van der Waals surface area contributed by atoms with E-state index in [1.807, 2.05) is 6.07 Å². The van der Waals surface area contributed by atoms with Crippen LogP contribution < -0.4 is 10.6 Å². The maximum Gasteiger partial charge on any atom is 0.389 e. The number of nitriles is 1. The van der Waals surface area contributed by atoms with Gasteiger partial charge in [-0.1, -0.05) is 12.1 Å². The van der Waals surface area contributed by atoms with Crippen LogP contribution in [0.15, 0.2) is 42.7 Å². The number of nitrogens with zero attached hydrogens (tertiary/aromatic N) is 4. The number of benzene rings is 1. The molecule has 2 aromatic heterocycles. The Morgan fingerprint density at radius 2 is 1.76 bits per heavy atom. The van der Waals surface area contributed by atoms with Crippen molar-refractivity contribution in [3.8, 4) is 6.07 Å². The summed E-state index contributed by atoms with van der Waals surface area (Å²) in [5, 5.41) is 19.4. The molecule has 0 aliphatic heterocycles. The van der Waals surface area contributed by atoms with Crippen molar-refractivity contribution in [1.82, 2.24) is 25.2 Å². The lowest BCUT2D eigenvalue weighted by Crippen LogP contribution is -2.37. The Morgan fingerprint density at radius 1 is 1.07 bits per heavy atom. The van der Waals surface area contributed by atoms with Crippen LogP contribution in [0.3, 0.4) is 0 Å². The Balaban J connectivity index is 1.41. The summed E-state index contributed by atoms with van der Waals surface area (Å²) in [7, 11) is 0. The number of carbonyl (C=O) groups is 2. The quantitative estimate of drug-likeness (QED) is 0.307.